The molecule has 1 saturated carbocycles. The van der Waals surface area contributed by atoms with Crippen LogP contribution in [0.4, 0.5) is 23.7 Å². The number of rotatable bonds is 5. The number of piperidine rings is 1. The normalized spacial score (nSPS) is 22.9. The standard InChI is InChI=1S/C20H26F3N3O5/c1-19(2,3)31-18(30)25-7-4-13(12(21)10-25)24-14-8-15(27)26(9-11(14)16(28)29)20(5-6-20)17(22)23/h8-9,12-13,17,24H,4-7,10H2,1-3H3,(H,28,29)/t12-,13+/m1/s1. The van der Waals surface area contributed by atoms with Crippen molar-refractivity contribution in [1.29, 1.82) is 0 Å². The van der Waals surface area contributed by atoms with E-state index in [1.807, 2.05) is 0 Å². The van der Waals surface area contributed by atoms with Gasteiger partial charge in [0.15, 0.2) is 0 Å². The number of hydrogen-bond acceptors (Lipinski definition) is 5. The van der Waals surface area contributed by atoms with Crippen molar-refractivity contribution in [2.24, 2.45) is 0 Å². The van der Waals surface area contributed by atoms with Crippen molar-refractivity contribution in [2.75, 3.05) is 18.4 Å². The smallest absolute Gasteiger partial charge is 0.410 e. The zero-order chi connectivity index (χ0) is 23.1. The number of carboxylic acid groups (broad SMARTS) is 1. The lowest BCUT2D eigenvalue weighted by Gasteiger charge is -2.36. The number of pyridine rings is 1. The molecule has 3 rings (SSSR count). The topological polar surface area (TPSA) is 101 Å². The highest BCUT2D eigenvalue weighted by atomic mass is 19.3. The van der Waals surface area contributed by atoms with Crippen molar-refractivity contribution in [3.05, 3.63) is 28.2 Å². The largest absolute Gasteiger partial charge is 0.478 e. The van der Waals surface area contributed by atoms with E-state index < -0.39 is 53.0 Å². The summed E-state index contributed by atoms with van der Waals surface area (Å²) >= 11 is 0. The van der Waals surface area contributed by atoms with Crippen molar-refractivity contribution < 1.29 is 32.6 Å². The fraction of sp³-hybridized carbons (Fsp3) is 0.650. The minimum absolute atomic E-state index is 0.0755. The number of aromatic nitrogens is 1. The molecule has 8 nitrogen and oxygen atoms in total. The summed E-state index contributed by atoms with van der Waals surface area (Å²) in [6, 6.07) is 0.0517. The van der Waals surface area contributed by atoms with Crippen molar-refractivity contribution in [2.45, 2.75) is 69.8 Å². The van der Waals surface area contributed by atoms with Crippen molar-refractivity contribution in [3.8, 4) is 0 Å². The van der Waals surface area contributed by atoms with Crippen LogP contribution in [0, 0.1) is 0 Å². The Morgan fingerprint density at radius 1 is 1.32 bits per heavy atom. The molecule has 0 spiro atoms. The molecular weight excluding hydrogens is 419 g/mol. The average molecular weight is 445 g/mol. The van der Waals surface area contributed by atoms with Crippen molar-refractivity contribution in [3.63, 3.8) is 0 Å². The van der Waals surface area contributed by atoms with E-state index in [0.717, 1.165) is 16.8 Å². The van der Waals surface area contributed by atoms with Crippen molar-refractivity contribution >= 4 is 17.7 Å². The fourth-order valence-electron chi connectivity index (χ4n) is 3.62. The maximum Gasteiger partial charge on any atom is 0.410 e. The number of amides is 1. The Morgan fingerprint density at radius 3 is 2.45 bits per heavy atom. The number of carboxylic acids is 1. The quantitative estimate of drug-likeness (QED) is 0.723. The summed E-state index contributed by atoms with van der Waals surface area (Å²) < 4.78 is 47.5. The molecule has 0 bridgehead atoms. The second-order valence-electron chi connectivity index (χ2n) is 9.00. The summed E-state index contributed by atoms with van der Waals surface area (Å²) in [5, 5.41) is 12.2. The highest BCUT2D eigenvalue weighted by Gasteiger charge is 2.53. The molecular formula is C20H26F3N3O5. The van der Waals surface area contributed by atoms with Gasteiger partial charge in [0.1, 0.15) is 17.3 Å². The molecule has 31 heavy (non-hydrogen) atoms. The molecule has 1 aliphatic carbocycles. The number of hydrogen-bond donors (Lipinski definition) is 2. The summed E-state index contributed by atoms with van der Waals surface area (Å²) in [7, 11) is 0. The molecule has 2 heterocycles. The summed E-state index contributed by atoms with van der Waals surface area (Å²) in [5.41, 5.74) is -3.73. The average Bonchev–Trinajstić information content (AvgIpc) is 3.43. The number of alkyl halides is 3. The predicted molar refractivity (Wildman–Crippen MR) is 106 cm³/mol. The highest BCUT2D eigenvalue weighted by Crippen LogP contribution is 2.47. The first-order valence-electron chi connectivity index (χ1n) is 10.0. The maximum atomic E-state index is 14.8. The number of nitrogens with one attached hydrogen (secondary N) is 1. The highest BCUT2D eigenvalue weighted by molar-refractivity contribution is 5.93. The van der Waals surface area contributed by atoms with Crippen LogP contribution in [0.15, 0.2) is 17.1 Å². The van der Waals surface area contributed by atoms with Gasteiger partial charge in [-0.05, 0) is 40.0 Å². The Labute approximate surface area is 177 Å². The lowest BCUT2D eigenvalue weighted by molar-refractivity contribution is 0.0125. The third kappa shape index (κ3) is 4.80. The number of likely N-dealkylation sites (tertiary alicyclic amines) is 1. The van der Waals surface area contributed by atoms with E-state index in [1.165, 1.54) is 4.90 Å². The summed E-state index contributed by atoms with van der Waals surface area (Å²) in [6.07, 6.45) is -3.82. The van der Waals surface area contributed by atoms with Crippen LogP contribution in [0.1, 0.15) is 50.4 Å². The van der Waals surface area contributed by atoms with Crippen LogP contribution in [-0.2, 0) is 10.3 Å². The Balaban J connectivity index is 1.77. The van der Waals surface area contributed by atoms with E-state index >= 15 is 0 Å². The Hall–Kier alpha value is -2.72. The number of carbonyl (C=O) groups is 2. The van der Waals surface area contributed by atoms with Crippen LogP contribution in [0.2, 0.25) is 0 Å². The van der Waals surface area contributed by atoms with Crippen LogP contribution in [0.5, 0.6) is 0 Å². The second-order valence-corrected chi connectivity index (χ2v) is 9.00. The molecule has 0 radical (unpaired) electrons. The molecule has 172 valence electrons. The predicted octanol–water partition coefficient (Wildman–Crippen LogP) is 3.06. The molecule has 2 aliphatic rings. The first kappa shape index (κ1) is 23.0. The van der Waals surface area contributed by atoms with Gasteiger partial charge >= 0.3 is 12.1 Å². The SMILES string of the molecule is CC(C)(C)OC(=O)N1CC[C@H](Nc2cc(=O)n(C3(C(F)F)CC3)cc2C(=O)O)[C@H](F)C1. The van der Waals surface area contributed by atoms with Gasteiger partial charge in [0, 0.05) is 18.8 Å². The van der Waals surface area contributed by atoms with E-state index in [0.29, 0.717) is 0 Å². The maximum absolute atomic E-state index is 14.8. The van der Waals surface area contributed by atoms with Gasteiger partial charge in [-0.25, -0.2) is 22.8 Å². The molecule has 2 N–H and O–H groups in total. The number of ether oxygens (including phenoxy) is 1. The molecule has 11 heteroatoms. The first-order valence-corrected chi connectivity index (χ1v) is 10.0. The van der Waals surface area contributed by atoms with Gasteiger partial charge in [0.05, 0.1) is 23.8 Å². The second kappa shape index (κ2) is 8.08. The number of aromatic carboxylic acids is 1. The van der Waals surface area contributed by atoms with E-state index in [-0.39, 0.29) is 38.0 Å². The molecule has 1 aliphatic heterocycles. The Kier molecular flexibility index (Phi) is 5.98. The summed E-state index contributed by atoms with van der Waals surface area (Å²) in [5.74, 6) is -1.43. The molecule has 1 amide bonds. The van der Waals surface area contributed by atoms with Crippen LogP contribution in [0.3, 0.4) is 0 Å². The molecule has 2 atom stereocenters. The van der Waals surface area contributed by atoms with Gasteiger partial charge < -0.3 is 24.6 Å². The van der Waals surface area contributed by atoms with E-state index in [4.69, 9.17) is 4.74 Å². The third-order valence-electron chi connectivity index (χ3n) is 5.47. The van der Waals surface area contributed by atoms with Crippen LogP contribution >= 0.6 is 0 Å². The zero-order valence-corrected chi connectivity index (χ0v) is 17.5. The first-order chi connectivity index (χ1) is 14.3. The molecule has 1 aromatic heterocycles. The molecule has 0 unspecified atom stereocenters. The Bertz CT molecular complexity index is 924. The van der Waals surface area contributed by atoms with Crippen LogP contribution in [0.25, 0.3) is 0 Å². The number of halogens is 3. The third-order valence-corrected chi connectivity index (χ3v) is 5.47. The molecule has 1 saturated heterocycles. The van der Waals surface area contributed by atoms with E-state index in [1.54, 1.807) is 20.8 Å². The van der Waals surface area contributed by atoms with Gasteiger partial charge in [-0.1, -0.05) is 0 Å². The van der Waals surface area contributed by atoms with Gasteiger partial charge in [0.2, 0.25) is 0 Å². The van der Waals surface area contributed by atoms with Crippen LogP contribution in [-0.4, -0.2) is 64.0 Å². The summed E-state index contributed by atoms with van der Waals surface area (Å²) in [4.78, 5) is 37.5. The molecule has 0 aromatic carbocycles. The van der Waals surface area contributed by atoms with Gasteiger partial charge in [0.25, 0.3) is 12.0 Å². The number of anilines is 1. The minimum Gasteiger partial charge on any atom is -0.478 e. The van der Waals surface area contributed by atoms with Gasteiger partial charge in [-0.15, -0.1) is 0 Å². The summed E-state index contributed by atoms with van der Waals surface area (Å²) in [6.45, 7) is 4.99. The lowest BCUT2D eigenvalue weighted by atomic mass is 10.0. The molecule has 2 fully saturated rings. The number of nitrogens with zero attached hydrogens (tertiary/aromatic N) is 2. The lowest BCUT2D eigenvalue weighted by Crippen LogP contribution is -2.51. The van der Waals surface area contributed by atoms with Crippen LogP contribution < -0.4 is 10.9 Å². The fourth-order valence-corrected chi connectivity index (χ4v) is 3.62. The van der Waals surface area contributed by atoms with E-state index in [9.17, 15) is 32.7 Å². The number of carbonyl (C=O) groups excluding carboxylic acids is 1. The zero-order valence-electron chi connectivity index (χ0n) is 17.5. The van der Waals surface area contributed by atoms with E-state index in [2.05, 4.69) is 5.32 Å². The minimum atomic E-state index is -2.81. The van der Waals surface area contributed by atoms with Gasteiger partial charge in [-0.2, -0.15) is 0 Å². The Morgan fingerprint density at radius 2 is 1.97 bits per heavy atom. The van der Waals surface area contributed by atoms with Crippen molar-refractivity contribution in [1.82, 2.24) is 9.47 Å². The molecule has 1 aromatic rings. The van der Waals surface area contributed by atoms with Gasteiger partial charge in [-0.3, -0.25) is 4.79 Å². The monoisotopic (exact) mass is 445 g/mol.